The van der Waals surface area contributed by atoms with Crippen LogP contribution in [0.3, 0.4) is 0 Å². The van der Waals surface area contributed by atoms with Gasteiger partial charge in [-0.2, -0.15) is 18.2 Å². The lowest BCUT2D eigenvalue weighted by atomic mass is 10.1. The molecule has 13 heteroatoms. The summed E-state index contributed by atoms with van der Waals surface area (Å²) < 4.78 is 38.9. The van der Waals surface area contributed by atoms with E-state index in [0.717, 1.165) is 12.1 Å². The van der Waals surface area contributed by atoms with Gasteiger partial charge in [-0.25, -0.2) is 4.68 Å². The molecule has 3 rings (SSSR count). The van der Waals surface area contributed by atoms with Crippen LogP contribution in [-0.4, -0.2) is 35.7 Å². The minimum Gasteiger partial charge on any atom is -0.504 e. The van der Waals surface area contributed by atoms with E-state index in [1.807, 2.05) is 5.43 Å². The van der Waals surface area contributed by atoms with E-state index in [9.17, 15) is 33.5 Å². The molecule has 1 aromatic heterocycles. The molecule has 0 saturated carbocycles. The smallest absolute Gasteiger partial charge is 0.453 e. The molecule has 1 atom stereocenters. The first kappa shape index (κ1) is 15.5. The Labute approximate surface area is 130 Å². The molecule has 0 bridgehead atoms. The number of phenols is 2. The van der Waals surface area contributed by atoms with Crippen LogP contribution in [0, 0.1) is 10.1 Å². The molecular weight excluding hydrogens is 337 g/mol. The second kappa shape index (κ2) is 5.07. The van der Waals surface area contributed by atoms with E-state index in [0.29, 0.717) is 4.68 Å². The molecule has 3 N–H and O–H groups in total. The van der Waals surface area contributed by atoms with Crippen molar-refractivity contribution in [2.75, 3.05) is 5.43 Å². The van der Waals surface area contributed by atoms with Gasteiger partial charge in [-0.15, -0.1) is 10.5 Å². The summed E-state index contributed by atoms with van der Waals surface area (Å²) >= 11 is 0. The Balaban J connectivity index is 2.17. The van der Waals surface area contributed by atoms with Crippen molar-refractivity contribution in [3.63, 3.8) is 0 Å². The Morgan fingerprint density at radius 3 is 2.58 bits per heavy atom. The van der Waals surface area contributed by atoms with Gasteiger partial charge in [0.1, 0.15) is 0 Å². The highest BCUT2D eigenvalue weighted by Crippen LogP contribution is 2.35. The van der Waals surface area contributed by atoms with Gasteiger partial charge in [0.25, 0.3) is 11.8 Å². The lowest BCUT2D eigenvalue weighted by Gasteiger charge is -2.18. The Bertz CT molecular complexity index is 862. The van der Waals surface area contributed by atoms with Crippen molar-refractivity contribution in [2.24, 2.45) is 5.10 Å². The number of rotatable bonds is 1. The van der Waals surface area contributed by atoms with Crippen LogP contribution in [-0.2, 0) is 6.18 Å². The van der Waals surface area contributed by atoms with Crippen LogP contribution in [0.25, 0.3) is 0 Å². The van der Waals surface area contributed by atoms with E-state index >= 15 is 0 Å². The molecule has 2 heterocycles. The number of amidine groups is 1. The van der Waals surface area contributed by atoms with Crippen LogP contribution in [0.15, 0.2) is 23.3 Å². The Hall–Kier alpha value is -3.38. The molecule has 0 aliphatic carbocycles. The number of anilines is 1. The third-order valence-corrected chi connectivity index (χ3v) is 3.15. The lowest BCUT2D eigenvalue weighted by molar-refractivity contribution is -0.355. The van der Waals surface area contributed by atoms with E-state index in [-0.39, 0.29) is 5.56 Å². The normalized spacial score (nSPS) is 17.0. The Kier molecular flexibility index (Phi) is 3.28. The highest BCUT2D eigenvalue weighted by atomic mass is 19.4. The fourth-order valence-electron chi connectivity index (χ4n) is 2.12. The van der Waals surface area contributed by atoms with Gasteiger partial charge in [0, 0.05) is 0 Å². The molecule has 0 saturated heterocycles. The van der Waals surface area contributed by atoms with Crippen molar-refractivity contribution < 1.29 is 28.3 Å². The van der Waals surface area contributed by atoms with Gasteiger partial charge >= 0.3 is 12.0 Å². The number of fused-ring (bicyclic) bond motifs is 1. The Morgan fingerprint density at radius 1 is 1.29 bits per heavy atom. The van der Waals surface area contributed by atoms with Crippen LogP contribution in [0.1, 0.15) is 17.4 Å². The van der Waals surface area contributed by atoms with Gasteiger partial charge in [-0.1, -0.05) is 6.07 Å². The van der Waals surface area contributed by atoms with E-state index in [4.69, 9.17) is 0 Å². The van der Waals surface area contributed by atoms with Crippen molar-refractivity contribution >= 4 is 11.8 Å². The number of hydrogen-bond donors (Lipinski definition) is 3. The third kappa shape index (κ3) is 2.45. The van der Waals surface area contributed by atoms with Crippen molar-refractivity contribution in [3.05, 3.63) is 39.7 Å². The Morgan fingerprint density at radius 2 is 2.00 bits per heavy atom. The molecule has 0 amide bonds. The molecule has 0 fully saturated rings. The summed E-state index contributed by atoms with van der Waals surface area (Å²) in [4.78, 5) is 13.4. The summed E-state index contributed by atoms with van der Waals surface area (Å²) in [5.41, 5.74) is 2.02. The van der Waals surface area contributed by atoms with Gasteiger partial charge in [0.15, 0.2) is 17.5 Å². The number of nitrogens with zero attached hydrogens (tertiary/aromatic N) is 5. The molecule has 24 heavy (non-hydrogen) atoms. The predicted octanol–water partition coefficient (Wildman–Crippen LogP) is 1.31. The second-order valence-electron chi connectivity index (χ2n) is 4.69. The van der Waals surface area contributed by atoms with E-state index in [1.165, 1.54) is 6.07 Å². The monoisotopic (exact) mass is 344 g/mol. The van der Waals surface area contributed by atoms with Crippen molar-refractivity contribution in [3.8, 4) is 11.5 Å². The topological polar surface area (TPSA) is 139 Å². The van der Waals surface area contributed by atoms with Crippen molar-refractivity contribution in [2.45, 2.75) is 12.2 Å². The first-order chi connectivity index (χ1) is 11.2. The van der Waals surface area contributed by atoms with Crippen molar-refractivity contribution in [1.82, 2.24) is 14.8 Å². The average molecular weight is 344 g/mol. The van der Waals surface area contributed by atoms with Crippen molar-refractivity contribution in [1.29, 1.82) is 0 Å². The minimum atomic E-state index is -4.86. The zero-order valence-corrected chi connectivity index (χ0v) is 11.4. The number of hydrogen-bond acceptors (Lipinski definition) is 8. The van der Waals surface area contributed by atoms with E-state index in [2.05, 4.69) is 15.2 Å². The standard InChI is InChI=1S/C11H7F3N6O4/c12-11(13,14)9-15-10-17-16-8(20(23)24)7(19(10)18-9)4-1-2-5(21)6(22)3-4/h1-3,7,21-22H,(H,15,17,18). The molecule has 0 spiro atoms. The van der Waals surface area contributed by atoms with Crippen LogP contribution in [0.2, 0.25) is 0 Å². The number of aromatic hydroxyl groups is 2. The number of nitro groups is 1. The summed E-state index contributed by atoms with van der Waals surface area (Å²) in [6.07, 6.45) is -4.86. The van der Waals surface area contributed by atoms with Crippen LogP contribution in [0.5, 0.6) is 11.5 Å². The van der Waals surface area contributed by atoms with Gasteiger partial charge < -0.3 is 20.3 Å². The first-order valence-corrected chi connectivity index (χ1v) is 6.22. The molecule has 1 aliphatic rings. The van der Waals surface area contributed by atoms with Gasteiger partial charge in [0.05, 0.1) is 5.10 Å². The summed E-state index contributed by atoms with van der Waals surface area (Å²) in [7, 11) is 0. The minimum absolute atomic E-state index is 0.0119. The van der Waals surface area contributed by atoms with Gasteiger partial charge in [0.2, 0.25) is 0 Å². The zero-order chi connectivity index (χ0) is 17.6. The first-order valence-electron chi connectivity index (χ1n) is 6.22. The lowest BCUT2D eigenvalue weighted by Crippen LogP contribution is -2.33. The van der Waals surface area contributed by atoms with E-state index in [1.54, 1.807) is 0 Å². The van der Waals surface area contributed by atoms with Crippen LogP contribution < -0.4 is 5.43 Å². The van der Waals surface area contributed by atoms with Gasteiger partial charge in [-0.3, -0.25) is 0 Å². The summed E-state index contributed by atoms with van der Waals surface area (Å²) in [5, 5.41) is 36.7. The number of halogens is 3. The summed E-state index contributed by atoms with van der Waals surface area (Å²) in [5.74, 6) is -3.82. The second-order valence-corrected chi connectivity index (χ2v) is 4.69. The quantitative estimate of drug-likeness (QED) is 0.403. The third-order valence-electron chi connectivity index (χ3n) is 3.15. The average Bonchev–Trinajstić information content (AvgIpc) is 2.93. The van der Waals surface area contributed by atoms with Crippen LogP contribution >= 0.6 is 0 Å². The maximum atomic E-state index is 12.8. The number of phenolic OH excluding ortho intramolecular Hbond substituents is 2. The molecule has 126 valence electrons. The highest BCUT2D eigenvalue weighted by Gasteiger charge is 2.43. The molecule has 2 aromatic rings. The summed E-state index contributed by atoms with van der Waals surface area (Å²) in [6.45, 7) is 0. The highest BCUT2D eigenvalue weighted by molar-refractivity contribution is 5.84. The molecule has 1 aromatic carbocycles. The fourth-order valence-corrected chi connectivity index (χ4v) is 2.12. The number of alkyl halides is 3. The maximum Gasteiger partial charge on any atom is 0.453 e. The zero-order valence-electron chi connectivity index (χ0n) is 11.4. The fraction of sp³-hybridized carbons (Fsp3) is 0.182. The van der Waals surface area contributed by atoms with Crippen LogP contribution in [0.4, 0.5) is 19.1 Å². The number of hydrazone groups is 1. The van der Waals surface area contributed by atoms with E-state index < -0.39 is 46.2 Å². The molecule has 1 aliphatic heterocycles. The SMILES string of the molecule is O=[N+]([O-])C1=NNc2nc(C(F)(F)F)nn2C1c1ccc(O)c(O)c1. The molecule has 10 nitrogen and oxygen atoms in total. The number of aromatic nitrogens is 3. The molecule has 1 unspecified atom stereocenters. The number of benzene rings is 1. The maximum absolute atomic E-state index is 12.8. The van der Waals surface area contributed by atoms with Gasteiger partial charge in [-0.05, 0) is 22.6 Å². The molecule has 0 radical (unpaired) electrons. The largest absolute Gasteiger partial charge is 0.504 e. The summed E-state index contributed by atoms with van der Waals surface area (Å²) in [6, 6.07) is 1.70. The predicted molar refractivity (Wildman–Crippen MR) is 71.0 cm³/mol. The number of nitrogens with one attached hydrogen (secondary N) is 1. The molecular formula is C11H7F3N6O4.